The molecule has 0 saturated heterocycles. The highest BCUT2D eigenvalue weighted by molar-refractivity contribution is 7.90. The first kappa shape index (κ1) is 13.8. The lowest BCUT2D eigenvalue weighted by atomic mass is 10.2. The molecule has 0 saturated carbocycles. The fraction of sp³-hybridized carbons (Fsp3) is 0.455. The molecule has 0 aliphatic carbocycles. The Kier molecular flexibility index (Phi) is 4.36. The third-order valence-corrected chi connectivity index (χ3v) is 3.44. The van der Waals surface area contributed by atoms with Gasteiger partial charge in [0.15, 0.2) is 9.84 Å². The number of hydrogen-bond acceptors (Lipinski definition) is 5. The summed E-state index contributed by atoms with van der Waals surface area (Å²) in [5.74, 6) is 0. The fourth-order valence-corrected chi connectivity index (χ4v) is 2.00. The SMILES string of the molecule is CC(O)CCNc1ccc(S(C)(=O)=O)cc1N. The van der Waals surface area contributed by atoms with Crippen LogP contribution in [-0.2, 0) is 9.84 Å². The minimum absolute atomic E-state index is 0.205. The first-order valence-electron chi connectivity index (χ1n) is 5.32. The third kappa shape index (κ3) is 4.24. The van der Waals surface area contributed by atoms with Crippen molar-refractivity contribution in [2.24, 2.45) is 0 Å². The average Bonchev–Trinajstić information content (AvgIpc) is 2.18. The monoisotopic (exact) mass is 258 g/mol. The zero-order valence-corrected chi connectivity index (χ0v) is 10.8. The van der Waals surface area contributed by atoms with Gasteiger partial charge in [-0.1, -0.05) is 0 Å². The van der Waals surface area contributed by atoms with E-state index in [9.17, 15) is 8.42 Å². The largest absolute Gasteiger partial charge is 0.397 e. The number of nitrogens with one attached hydrogen (secondary N) is 1. The molecule has 0 heterocycles. The fourth-order valence-electron chi connectivity index (χ4n) is 1.35. The van der Waals surface area contributed by atoms with Gasteiger partial charge in [0.1, 0.15) is 0 Å². The molecule has 4 N–H and O–H groups in total. The number of hydrogen-bond donors (Lipinski definition) is 3. The Morgan fingerprint density at radius 3 is 2.59 bits per heavy atom. The van der Waals surface area contributed by atoms with Crippen molar-refractivity contribution in [3.8, 4) is 0 Å². The Balaban J connectivity index is 2.77. The van der Waals surface area contributed by atoms with Crippen LogP contribution in [0, 0.1) is 0 Å². The Morgan fingerprint density at radius 2 is 2.12 bits per heavy atom. The normalized spacial score (nSPS) is 13.4. The molecular weight excluding hydrogens is 240 g/mol. The molecule has 0 aliphatic rings. The first-order chi connectivity index (χ1) is 7.80. The van der Waals surface area contributed by atoms with Gasteiger partial charge in [-0.15, -0.1) is 0 Å². The number of nitrogen functional groups attached to an aromatic ring is 1. The van der Waals surface area contributed by atoms with Crippen LogP contribution in [0.15, 0.2) is 23.1 Å². The van der Waals surface area contributed by atoms with Gasteiger partial charge in [-0.3, -0.25) is 0 Å². The Hall–Kier alpha value is -1.27. The van der Waals surface area contributed by atoms with Crippen LogP contribution in [0.2, 0.25) is 0 Å². The van der Waals surface area contributed by atoms with Crippen LogP contribution in [-0.4, -0.2) is 32.4 Å². The van der Waals surface area contributed by atoms with Crippen molar-refractivity contribution in [2.75, 3.05) is 23.9 Å². The van der Waals surface area contributed by atoms with Gasteiger partial charge in [-0.2, -0.15) is 0 Å². The molecule has 0 aromatic heterocycles. The molecule has 6 heteroatoms. The van der Waals surface area contributed by atoms with Crippen LogP contribution in [0.3, 0.4) is 0 Å². The summed E-state index contributed by atoms with van der Waals surface area (Å²) < 4.78 is 22.6. The first-order valence-corrected chi connectivity index (χ1v) is 7.21. The predicted octanol–water partition coefficient (Wildman–Crippen LogP) is 0.855. The maximum atomic E-state index is 11.3. The molecule has 1 unspecified atom stereocenters. The molecule has 0 fully saturated rings. The predicted molar refractivity (Wildman–Crippen MR) is 68.8 cm³/mol. The van der Waals surface area contributed by atoms with Crippen molar-refractivity contribution < 1.29 is 13.5 Å². The van der Waals surface area contributed by atoms with Crippen molar-refractivity contribution in [2.45, 2.75) is 24.3 Å². The molecular formula is C11H18N2O3S. The standard InChI is InChI=1S/C11H18N2O3S/c1-8(14)5-6-13-11-4-3-9(7-10(11)12)17(2,15)16/h3-4,7-8,13-14H,5-6,12H2,1-2H3. The number of rotatable bonds is 5. The van der Waals surface area contributed by atoms with Gasteiger partial charge < -0.3 is 16.2 Å². The minimum Gasteiger partial charge on any atom is -0.397 e. The highest BCUT2D eigenvalue weighted by atomic mass is 32.2. The summed E-state index contributed by atoms with van der Waals surface area (Å²) in [6.07, 6.45) is 1.37. The van der Waals surface area contributed by atoms with Crippen molar-refractivity contribution in [1.29, 1.82) is 0 Å². The second kappa shape index (κ2) is 5.37. The van der Waals surface area contributed by atoms with Gasteiger partial charge in [0.25, 0.3) is 0 Å². The van der Waals surface area contributed by atoms with E-state index in [1.54, 1.807) is 13.0 Å². The van der Waals surface area contributed by atoms with Crippen LogP contribution in [0.5, 0.6) is 0 Å². The van der Waals surface area contributed by atoms with Gasteiger partial charge in [0, 0.05) is 12.8 Å². The number of aliphatic hydroxyl groups is 1. The summed E-state index contributed by atoms with van der Waals surface area (Å²) >= 11 is 0. The molecule has 0 aliphatic heterocycles. The number of benzene rings is 1. The lowest BCUT2D eigenvalue weighted by molar-refractivity contribution is 0.189. The molecule has 0 amide bonds. The molecule has 1 aromatic carbocycles. The van der Waals surface area contributed by atoms with E-state index >= 15 is 0 Å². The van der Waals surface area contributed by atoms with E-state index in [0.29, 0.717) is 24.3 Å². The summed E-state index contributed by atoms with van der Waals surface area (Å²) in [4.78, 5) is 0.205. The zero-order valence-electron chi connectivity index (χ0n) is 9.97. The number of nitrogens with two attached hydrogens (primary N) is 1. The highest BCUT2D eigenvalue weighted by Crippen LogP contribution is 2.22. The van der Waals surface area contributed by atoms with E-state index < -0.39 is 9.84 Å². The number of aliphatic hydroxyl groups excluding tert-OH is 1. The smallest absolute Gasteiger partial charge is 0.175 e. The topological polar surface area (TPSA) is 92.4 Å². The van der Waals surface area contributed by atoms with E-state index in [4.69, 9.17) is 10.8 Å². The van der Waals surface area contributed by atoms with Crippen LogP contribution in [0.25, 0.3) is 0 Å². The highest BCUT2D eigenvalue weighted by Gasteiger charge is 2.09. The van der Waals surface area contributed by atoms with Crippen molar-refractivity contribution in [1.82, 2.24) is 0 Å². The van der Waals surface area contributed by atoms with Crippen molar-refractivity contribution >= 4 is 21.2 Å². The lowest BCUT2D eigenvalue weighted by Crippen LogP contribution is -2.11. The van der Waals surface area contributed by atoms with E-state index in [0.717, 1.165) is 6.26 Å². The van der Waals surface area contributed by atoms with E-state index in [1.807, 2.05) is 0 Å². The van der Waals surface area contributed by atoms with Crippen LogP contribution < -0.4 is 11.1 Å². The lowest BCUT2D eigenvalue weighted by Gasteiger charge is -2.11. The van der Waals surface area contributed by atoms with Crippen LogP contribution >= 0.6 is 0 Å². The maximum absolute atomic E-state index is 11.3. The molecule has 17 heavy (non-hydrogen) atoms. The van der Waals surface area contributed by atoms with Gasteiger partial charge >= 0.3 is 0 Å². The summed E-state index contributed by atoms with van der Waals surface area (Å²) in [5.41, 5.74) is 6.81. The van der Waals surface area contributed by atoms with Crippen molar-refractivity contribution in [3.63, 3.8) is 0 Å². The van der Waals surface area contributed by atoms with Crippen molar-refractivity contribution in [3.05, 3.63) is 18.2 Å². The second-order valence-electron chi connectivity index (χ2n) is 4.09. The average molecular weight is 258 g/mol. The Morgan fingerprint density at radius 1 is 1.47 bits per heavy atom. The van der Waals surface area contributed by atoms with Gasteiger partial charge in [0.05, 0.1) is 22.4 Å². The van der Waals surface area contributed by atoms with Crippen LogP contribution in [0.4, 0.5) is 11.4 Å². The van der Waals surface area contributed by atoms with E-state index in [-0.39, 0.29) is 11.0 Å². The molecule has 1 aromatic rings. The summed E-state index contributed by atoms with van der Waals surface area (Å²) in [5, 5.41) is 12.1. The van der Waals surface area contributed by atoms with Crippen LogP contribution in [0.1, 0.15) is 13.3 Å². The maximum Gasteiger partial charge on any atom is 0.175 e. The summed E-state index contributed by atoms with van der Waals surface area (Å²) in [6.45, 7) is 2.29. The number of anilines is 2. The van der Waals surface area contributed by atoms with Gasteiger partial charge in [-0.25, -0.2) is 8.42 Å². The quantitative estimate of drug-likeness (QED) is 0.681. The van der Waals surface area contributed by atoms with Gasteiger partial charge in [0.2, 0.25) is 0 Å². The van der Waals surface area contributed by atoms with E-state index in [1.165, 1.54) is 12.1 Å². The molecule has 0 bridgehead atoms. The molecule has 0 spiro atoms. The molecule has 96 valence electrons. The molecule has 5 nitrogen and oxygen atoms in total. The molecule has 0 radical (unpaired) electrons. The van der Waals surface area contributed by atoms with Gasteiger partial charge in [-0.05, 0) is 31.5 Å². The number of sulfone groups is 1. The molecule has 1 rings (SSSR count). The van der Waals surface area contributed by atoms with E-state index in [2.05, 4.69) is 5.32 Å². The zero-order chi connectivity index (χ0) is 13.1. The Labute approximate surface area is 102 Å². The molecule has 1 atom stereocenters. The minimum atomic E-state index is -3.22. The summed E-state index contributed by atoms with van der Waals surface area (Å²) in [7, 11) is -3.22. The second-order valence-corrected chi connectivity index (χ2v) is 6.10. The third-order valence-electron chi connectivity index (χ3n) is 2.33. The Bertz CT molecular complexity index is 483. The summed E-state index contributed by atoms with van der Waals surface area (Å²) in [6, 6.07) is 4.57.